The van der Waals surface area contributed by atoms with Crippen LogP contribution in [0.1, 0.15) is 16.4 Å². The zero-order chi connectivity index (χ0) is 15.5. The van der Waals surface area contributed by atoms with E-state index in [-0.39, 0.29) is 5.78 Å². The first-order valence-corrected chi connectivity index (χ1v) is 7.58. The number of carbonyl (C=O) groups is 1. The molecule has 1 heterocycles. The molecule has 1 aromatic heterocycles. The maximum absolute atomic E-state index is 12.7. The average Bonchev–Trinajstić information content (AvgIpc) is 2.56. The zero-order valence-electron chi connectivity index (χ0n) is 11.6. The van der Waals surface area contributed by atoms with Crippen molar-refractivity contribution >= 4 is 32.6 Å². The number of rotatable bonds is 3. The number of halogens is 1. The topological polar surface area (TPSA) is 44.7 Å². The van der Waals surface area contributed by atoms with E-state index in [1.165, 1.54) is 0 Å². The summed E-state index contributed by atoms with van der Waals surface area (Å²) >= 11 is 3.44. The van der Waals surface area contributed by atoms with Crippen molar-refractivity contribution < 1.29 is 9.36 Å². The Hall–Kier alpha value is -2.51. The summed E-state index contributed by atoms with van der Waals surface area (Å²) in [5.41, 5.74) is 1.38. The molecule has 0 aliphatic carbocycles. The molecule has 3 aromatic rings. The van der Waals surface area contributed by atoms with Gasteiger partial charge in [0.05, 0.1) is 4.47 Å². The number of ketones is 1. The Bertz CT molecular complexity index is 884. The van der Waals surface area contributed by atoms with Gasteiger partial charge in [0.15, 0.2) is 6.20 Å². The number of fused-ring (bicyclic) bond motifs is 1. The molecule has 1 atom stereocenters. The Kier molecular flexibility index (Phi) is 3.99. The monoisotopic (exact) mass is 351 g/mol. The standard InChI is InChI=1S/C18H12BrN2O/c19-15-10-14-8-4-5-9-16(14)21(12-15)17(11-20)18(22)13-6-2-1-3-7-13/h1-10,12,17H/q+1. The van der Waals surface area contributed by atoms with E-state index in [1.54, 1.807) is 35.0 Å². The summed E-state index contributed by atoms with van der Waals surface area (Å²) in [6, 6.07) is 19.8. The van der Waals surface area contributed by atoms with Crippen LogP contribution >= 0.6 is 15.9 Å². The van der Waals surface area contributed by atoms with Crippen LogP contribution in [-0.4, -0.2) is 5.78 Å². The van der Waals surface area contributed by atoms with Crippen LogP contribution in [0.5, 0.6) is 0 Å². The molecule has 0 N–H and O–H groups in total. The normalized spacial score (nSPS) is 11.8. The zero-order valence-corrected chi connectivity index (χ0v) is 13.2. The van der Waals surface area contributed by atoms with Gasteiger partial charge in [-0.25, -0.2) is 0 Å². The molecule has 0 fully saturated rings. The molecule has 3 nitrogen and oxygen atoms in total. The van der Waals surface area contributed by atoms with Crippen LogP contribution in [0.4, 0.5) is 0 Å². The number of para-hydroxylation sites is 1. The summed E-state index contributed by atoms with van der Waals surface area (Å²) < 4.78 is 2.54. The number of Topliss-reactive ketones (excluding diaryl/α,β-unsaturated/α-hetero) is 1. The van der Waals surface area contributed by atoms with E-state index >= 15 is 0 Å². The van der Waals surface area contributed by atoms with Crippen LogP contribution in [0.25, 0.3) is 10.9 Å². The molecule has 0 aliphatic rings. The van der Waals surface area contributed by atoms with Crippen LogP contribution in [0, 0.1) is 11.3 Å². The molecular formula is C18H12BrN2O+. The van der Waals surface area contributed by atoms with Gasteiger partial charge in [-0.2, -0.15) is 9.83 Å². The molecule has 0 spiro atoms. The third-order valence-electron chi connectivity index (χ3n) is 3.48. The van der Waals surface area contributed by atoms with Gasteiger partial charge in [0.1, 0.15) is 6.07 Å². The molecule has 0 amide bonds. The molecular weight excluding hydrogens is 340 g/mol. The SMILES string of the molecule is N#CC(C(=O)c1ccccc1)[n+]1cc(Br)cc2ccccc21. The quantitative estimate of drug-likeness (QED) is 0.531. The van der Waals surface area contributed by atoms with E-state index in [4.69, 9.17) is 0 Å². The minimum atomic E-state index is -0.898. The molecule has 1 unspecified atom stereocenters. The van der Waals surface area contributed by atoms with Gasteiger partial charge in [-0.05, 0) is 28.1 Å². The third kappa shape index (κ3) is 2.63. The van der Waals surface area contributed by atoms with Crippen LogP contribution in [0.2, 0.25) is 0 Å². The first kappa shape index (κ1) is 14.4. The highest BCUT2D eigenvalue weighted by Gasteiger charge is 2.30. The maximum atomic E-state index is 12.7. The summed E-state index contributed by atoms with van der Waals surface area (Å²) in [4.78, 5) is 12.7. The first-order chi connectivity index (χ1) is 10.7. The fourth-order valence-corrected chi connectivity index (χ4v) is 2.92. The lowest BCUT2D eigenvalue weighted by molar-refractivity contribution is -0.670. The Morgan fingerprint density at radius 1 is 1.09 bits per heavy atom. The highest BCUT2D eigenvalue weighted by molar-refractivity contribution is 9.10. The number of benzene rings is 2. The van der Waals surface area contributed by atoms with Crippen LogP contribution in [0.3, 0.4) is 0 Å². The number of nitrogens with zero attached hydrogens (tertiary/aromatic N) is 2. The summed E-state index contributed by atoms with van der Waals surface area (Å²) in [6.07, 6.45) is 1.77. The van der Waals surface area contributed by atoms with E-state index in [0.717, 1.165) is 15.4 Å². The number of hydrogen-bond acceptors (Lipinski definition) is 2. The lowest BCUT2D eigenvalue weighted by atomic mass is 10.0. The molecule has 106 valence electrons. The fraction of sp³-hybridized carbons (Fsp3) is 0.0556. The number of aromatic nitrogens is 1. The molecule has 0 bridgehead atoms. The Labute approximate surface area is 136 Å². The van der Waals surface area contributed by atoms with Gasteiger partial charge >= 0.3 is 6.04 Å². The molecule has 0 aliphatic heterocycles. The van der Waals surface area contributed by atoms with Gasteiger partial charge < -0.3 is 0 Å². The predicted octanol–water partition coefficient (Wildman–Crippen LogP) is 3.84. The van der Waals surface area contributed by atoms with Crippen LogP contribution in [0.15, 0.2) is 71.3 Å². The largest absolute Gasteiger partial charge is 0.306 e. The molecule has 0 radical (unpaired) electrons. The van der Waals surface area contributed by atoms with Gasteiger partial charge in [-0.3, -0.25) is 4.79 Å². The van der Waals surface area contributed by atoms with E-state index in [2.05, 4.69) is 22.0 Å². The summed E-state index contributed by atoms with van der Waals surface area (Å²) in [5.74, 6) is -0.212. The first-order valence-electron chi connectivity index (χ1n) is 6.79. The van der Waals surface area contributed by atoms with Crippen molar-refractivity contribution in [3.63, 3.8) is 0 Å². The van der Waals surface area contributed by atoms with Crippen molar-refractivity contribution in [2.75, 3.05) is 0 Å². The number of carbonyl (C=O) groups excluding carboxylic acids is 1. The molecule has 0 saturated heterocycles. The lowest BCUT2D eigenvalue weighted by Crippen LogP contribution is -2.43. The fourth-order valence-electron chi connectivity index (χ4n) is 2.45. The second-order valence-corrected chi connectivity index (χ2v) is 5.80. The van der Waals surface area contributed by atoms with E-state index < -0.39 is 6.04 Å². The molecule has 22 heavy (non-hydrogen) atoms. The van der Waals surface area contributed by atoms with E-state index in [9.17, 15) is 10.1 Å². The minimum absolute atomic E-state index is 0.212. The van der Waals surface area contributed by atoms with Crippen molar-refractivity contribution in [1.82, 2.24) is 0 Å². The Morgan fingerprint density at radius 2 is 1.77 bits per heavy atom. The number of hydrogen-bond donors (Lipinski definition) is 0. The van der Waals surface area contributed by atoms with Crippen molar-refractivity contribution in [1.29, 1.82) is 5.26 Å². The smallest absolute Gasteiger partial charge is 0.285 e. The molecule has 0 saturated carbocycles. The lowest BCUT2D eigenvalue weighted by Gasteiger charge is -2.07. The maximum Gasteiger partial charge on any atom is 0.306 e. The van der Waals surface area contributed by atoms with Gasteiger partial charge in [0.2, 0.25) is 11.3 Å². The van der Waals surface area contributed by atoms with Crippen molar-refractivity contribution in [3.8, 4) is 6.07 Å². The van der Waals surface area contributed by atoms with Crippen LogP contribution < -0.4 is 4.57 Å². The van der Waals surface area contributed by atoms with Crippen LogP contribution in [-0.2, 0) is 0 Å². The summed E-state index contributed by atoms with van der Waals surface area (Å²) in [5, 5.41) is 10.5. The minimum Gasteiger partial charge on any atom is -0.285 e. The van der Waals surface area contributed by atoms with Crippen molar-refractivity contribution in [3.05, 3.63) is 76.9 Å². The van der Waals surface area contributed by atoms with Gasteiger partial charge in [0, 0.05) is 17.0 Å². The second kappa shape index (κ2) is 6.08. The van der Waals surface area contributed by atoms with Crippen molar-refractivity contribution in [2.24, 2.45) is 0 Å². The Balaban J connectivity index is 2.16. The van der Waals surface area contributed by atoms with Gasteiger partial charge in [-0.1, -0.05) is 42.5 Å². The highest BCUT2D eigenvalue weighted by Crippen LogP contribution is 2.19. The van der Waals surface area contributed by atoms with Gasteiger partial charge in [0.25, 0.3) is 0 Å². The number of nitriles is 1. The molecule has 4 heteroatoms. The second-order valence-electron chi connectivity index (χ2n) is 4.89. The molecule has 3 rings (SSSR count). The molecule has 2 aromatic carbocycles. The Morgan fingerprint density at radius 3 is 2.50 bits per heavy atom. The van der Waals surface area contributed by atoms with E-state index in [1.807, 2.05) is 36.4 Å². The summed E-state index contributed by atoms with van der Waals surface area (Å²) in [6.45, 7) is 0. The summed E-state index contributed by atoms with van der Waals surface area (Å²) in [7, 11) is 0. The number of pyridine rings is 1. The van der Waals surface area contributed by atoms with E-state index in [0.29, 0.717) is 5.56 Å². The highest BCUT2D eigenvalue weighted by atomic mass is 79.9. The van der Waals surface area contributed by atoms with Gasteiger partial charge in [-0.15, -0.1) is 0 Å². The predicted molar refractivity (Wildman–Crippen MR) is 87.3 cm³/mol. The average molecular weight is 352 g/mol. The third-order valence-corrected chi connectivity index (χ3v) is 3.91. The van der Waals surface area contributed by atoms with Crippen molar-refractivity contribution in [2.45, 2.75) is 6.04 Å².